The minimum absolute atomic E-state index is 0.322. The zero-order chi connectivity index (χ0) is 14.2. The molecule has 2 aromatic rings. The third kappa shape index (κ3) is 2.47. The van der Waals surface area contributed by atoms with Crippen molar-refractivity contribution in [3.63, 3.8) is 0 Å². The van der Waals surface area contributed by atoms with Crippen LogP contribution in [0.1, 0.15) is 0 Å². The monoisotopic (exact) mass is 369 g/mol. The summed E-state index contributed by atoms with van der Waals surface area (Å²) in [4.78, 5) is 1.34. The van der Waals surface area contributed by atoms with Gasteiger partial charge in [-0.1, -0.05) is 28.1 Å². The lowest BCUT2D eigenvalue weighted by atomic mass is 10.3. The van der Waals surface area contributed by atoms with E-state index in [4.69, 9.17) is 0 Å². The molecule has 0 N–H and O–H groups in total. The number of hydrogen-bond donors (Lipinski definition) is 0. The molecular formula is C14H12BrNO2S2. The highest BCUT2D eigenvalue weighted by Crippen LogP contribution is 2.37. The number of hydrogen-bond acceptors (Lipinski definition) is 3. The van der Waals surface area contributed by atoms with E-state index >= 15 is 0 Å². The fourth-order valence-corrected chi connectivity index (χ4v) is 5.04. The Bertz CT molecular complexity index is 729. The van der Waals surface area contributed by atoms with Crippen LogP contribution in [0.3, 0.4) is 0 Å². The average molecular weight is 370 g/mol. The second-order valence-corrected chi connectivity index (χ2v) is 8.26. The van der Waals surface area contributed by atoms with Gasteiger partial charge in [0.1, 0.15) is 0 Å². The maximum absolute atomic E-state index is 12.8. The molecule has 0 bridgehead atoms. The number of nitrogens with zero attached hydrogens (tertiary/aromatic N) is 1. The van der Waals surface area contributed by atoms with E-state index in [9.17, 15) is 8.42 Å². The van der Waals surface area contributed by atoms with Crippen LogP contribution >= 0.6 is 27.7 Å². The highest BCUT2D eigenvalue weighted by molar-refractivity contribution is 9.10. The smallest absolute Gasteiger partial charge is 0.264 e. The van der Waals surface area contributed by atoms with Gasteiger partial charge in [-0.15, -0.1) is 11.8 Å². The van der Waals surface area contributed by atoms with E-state index in [-0.39, 0.29) is 0 Å². The van der Waals surface area contributed by atoms with E-state index in [0.717, 1.165) is 20.8 Å². The van der Waals surface area contributed by atoms with Crippen molar-refractivity contribution in [1.29, 1.82) is 0 Å². The molecule has 6 heteroatoms. The summed E-state index contributed by atoms with van der Waals surface area (Å²) < 4.78 is 27.9. The van der Waals surface area contributed by atoms with Gasteiger partial charge in [0.05, 0.1) is 10.6 Å². The first-order chi connectivity index (χ1) is 9.59. The largest absolute Gasteiger partial charge is 0.264 e. The SMILES string of the molecule is O=S(=O)(c1ccc(Br)cc1)N1CCSc2ccccc21. The van der Waals surface area contributed by atoms with Crippen molar-refractivity contribution >= 4 is 43.4 Å². The van der Waals surface area contributed by atoms with Crippen molar-refractivity contribution in [2.24, 2.45) is 0 Å². The molecule has 3 nitrogen and oxygen atoms in total. The topological polar surface area (TPSA) is 37.4 Å². The predicted molar refractivity (Wildman–Crippen MR) is 85.8 cm³/mol. The molecule has 3 rings (SSSR count). The van der Waals surface area contributed by atoms with Crippen LogP contribution in [0.15, 0.2) is 62.8 Å². The Morgan fingerprint density at radius 3 is 2.50 bits per heavy atom. The molecule has 0 spiro atoms. The molecule has 0 saturated carbocycles. The molecule has 0 aliphatic carbocycles. The molecule has 0 unspecified atom stereocenters. The first-order valence-electron chi connectivity index (χ1n) is 6.09. The van der Waals surface area contributed by atoms with Crippen molar-refractivity contribution in [3.8, 4) is 0 Å². The van der Waals surface area contributed by atoms with Gasteiger partial charge in [-0.2, -0.15) is 0 Å². The number of rotatable bonds is 2. The van der Waals surface area contributed by atoms with Crippen LogP contribution in [0.25, 0.3) is 0 Å². The van der Waals surface area contributed by atoms with Gasteiger partial charge in [0.15, 0.2) is 0 Å². The lowest BCUT2D eigenvalue weighted by Gasteiger charge is -2.29. The molecule has 1 heterocycles. The van der Waals surface area contributed by atoms with E-state index in [1.165, 1.54) is 4.31 Å². The second-order valence-electron chi connectivity index (χ2n) is 4.35. The molecular weight excluding hydrogens is 358 g/mol. The summed E-state index contributed by atoms with van der Waals surface area (Å²) >= 11 is 5.01. The van der Waals surface area contributed by atoms with Gasteiger partial charge in [-0.3, -0.25) is 4.31 Å². The van der Waals surface area contributed by atoms with E-state index in [2.05, 4.69) is 15.9 Å². The Kier molecular flexibility index (Phi) is 3.79. The Labute approximate surface area is 131 Å². The fourth-order valence-electron chi connectivity index (χ4n) is 2.13. The van der Waals surface area contributed by atoms with Crippen LogP contribution in [0.2, 0.25) is 0 Å². The number of para-hydroxylation sites is 1. The van der Waals surface area contributed by atoms with Gasteiger partial charge in [-0.25, -0.2) is 8.42 Å². The van der Waals surface area contributed by atoms with Gasteiger partial charge in [0.25, 0.3) is 10.0 Å². The van der Waals surface area contributed by atoms with Crippen LogP contribution in [-0.2, 0) is 10.0 Å². The Hall–Kier alpha value is -0.980. The molecule has 0 amide bonds. The summed E-state index contributed by atoms with van der Waals surface area (Å²) in [5.74, 6) is 0.771. The van der Waals surface area contributed by atoms with Gasteiger partial charge >= 0.3 is 0 Å². The maximum Gasteiger partial charge on any atom is 0.264 e. The van der Waals surface area contributed by atoms with Crippen LogP contribution in [0.4, 0.5) is 5.69 Å². The summed E-state index contributed by atoms with van der Waals surface area (Å²) in [6.07, 6.45) is 0. The summed E-state index contributed by atoms with van der Waals surface area (Å²) in [5, 5.41) is 0. The standard InChI is InChI=1S/C14H12BrNO2S2/c15-11-5-7-12(8-6-11)20(17,18)16-9-10-19-14-4-2-1-3-13(14)16/h1-8H,9-10H2. The minimum atomic E-state index is -3.49. The Balaban J connectivity index is 2.07. The second kappa shape index (κ2) is 5.42. The van der Waals surface area contributed by atoms with E-state index in [0.29, 0.717) is 11.4 Å². The fraction of sp³-hybridized carbons (Fsp3) is 0.143. The van der Waals surface area contributed by atoms with Crippen molar-refractivity contribution < 1.29 is 8.42 Å². The number of anilines is 1. The van der Waals surface area contributed by atoms with Crippen molar-refractivity contribution in [1.82, 2.24) is 0 Å². The van der Waals surface area contributed by atoms with E-state index in [1.54, 1.807) is 36.0 Å². The molecule has 0 saturated heterocycles. The molecule has 0 aromatic heterocycles. The molecule has 2 aromatic carbocycles. The number of thioether (sulfide) groups is 1. The Morgan fingerprint density at radius 2 is 1.75 bits per heavy atom. The van der Waals surface area contributed by atoms with E-state index < -0.39 is 10.0 Å². The van der Waals surface area contributed by atoms with Crippen molar-refractivity contribution in [2.45, 2.75) is 9.79 Å². The van der Waals surface area contributed by atoms with Gasteiger partial charge in [0.2, 0.25) is 0 Å². The first-order valence-corrected chi connectivity index (χ1v) is 9.31. The molecule has 0 atom stereocenters. The molecule has 20 heavy (non-hydrogen) atoms. The highest BCUT2D eigenvalue weighted by Gasteiger charge is 2.28. The quantitative estimate of drug-likeness (QED) is 0.808. The van der Waals surface area contributed by atoms with Gasteiger partial charge in [0, 0.05) is 21.7 Å². The third-order valence-corrected chi connectivity index (χ3v) is 6.49. The maximum atomic E-state index is 12.8. The van der Waals surface area contributed by atoms with E-state index in [1.807, 2.05) is 24.3 Å². The summed E-state index contributed by atoms with van der Waals surface area (Å²) in [7, 11) is -3.49. The lowest BCUT2D eigenvalue weighted by Crippen LogP contribution is -2.35. The zero-order valence-electron chi connectivity index (χ0n) is 10.5. The highest BCUT2D eigenvalue weighted by atomic mass is 79.9. The van der Waals surface area contributed by atoms with Crippen LogP contribution in [-0.4, -0.2) is 20.7 Å². The normalized spacial score (nSPS) is 14.9. The van der Waals surface area contributed by atoms with Gasteiger partial charge < -0.3 is 0 Å². The first kappa shape index (κ1) is 14.0. The molecule has 104 valence electrons. The minimum Gasteiger partial charge on any atom is -0.264 e. The summed E-state index contributed by atoms with van der Waals surface area (Å²) in [6.45, 7) is 0.500. The molecule has 0 fully saturated rings. The predicted octanol–water partition coefficient (Wildman–Crippen LogP) is 3.75. The molecule has 1 aliphatic heterocycles. The van der Waals surface area contributed by atoms with Crippen molar-refractivity contribution in [3.05, 3.63) is 53.0 Å². The molecule has 0 radical (unpaired) electrons. The number of fused-ring (bicyclic) bond motifs is 1. The van der Waals surface area contributed by atoms with Crippen LogP contribution in [0.5, 0.6) is 0 Å². The number of benzene rings is 2. The zero-order valence-corrected chi connectivity index (χ0v) is 13.7. The van der Waals surface area contributed by atoms with Crippen LogP contribution < -0.4 is 4.31 Å². The third-order valence-electron chi connectivity index (χ3n) is 3.09. The van der Waals surface area contributed by atoms with Crippen molar-refractivity contribution in [2.75, 3.05) is 16.6 Å². The average Bonchev–Trinajstić information content (AvgIpc) is 2.47. The summed E-state index contributed by atoms with van der Waals surface area (Å²) in [5.41, 5.74) is 0.770. The summed E-state index contributed by atoms with van der Waals surface area (Å²) in [6, 6.07) is 14.4. The lowest BCUT2D eigenvalue weighted by molar-refractivity contribution is 0.591. The molecule has 1 aliphatic rings. The van der Waals surface area contributed by atoms with Gasteiger partial charge in [-0.05, 0) is 36.4 Å². The number of sulfonamides is 1. The van der Waals surface area contributed by atoms with Crippen LogP contribution in [0, 0.1) is 0 Å². The number of halogens is 1. The Morgan fingerprint density at radius 1 is 1.05 bits per heavy atom.